The van der Waals surface area contributed by atoms with Crippen molar-refractivity contribution in [1.29, 1.82) is 0 Å². The quantitative estimate of drug-likeness (QED) is 0.274. The van der Waals surface area contributed by atoms with Gasteiger partial charge in [-0.1, -0.05) is 51.0 Å². The molecular formula is C38H58O4S. The Morgan fingerprint density at radius 1 is 0.558 bits per heavy atom. The molecule has 0 aliphatic heterocycles. The summed E-state index contributed by atoms with van der Waals surface area (Å²) in [4.78, 5) is 24.7. The molecule has 0 aromatic rings. The molecule has 0 spiro atoms. The lowest BCUT2D eigenvalue weighted by Crippen LogP contribution is -2.50. The first-order valence-corrected chi connectivity index (χ1v) is 17.7. The Bertz CT molecular complexity index is 1110. The minimum Gasteiger partial charge on any atom is -0.393 e. The Hall–Kier alpha value is -0.910. The van der Waals surface area contributed by atoms with Crippen LogP contribution in [0.5, 0.6) is 0 Å². The van der Waals surface area contributed by atoms with Gasteiger partial charge in [0.2, 0.25) is 0 Å². The van der Waals surface area contributed by atoms with Crippen molar-refractivity contribution < 1.29 is 19.8 Å². The molecule has 8 rings (SSSR count). The van der Waals surface area contributed by atoms with Gasteiger partial charge in [0.25, 0.3) is 0 Å². The van der Waals surface area contributed by atoms with E-state index >= 15 is 0 Å². The van der Waals surface area contributed by atoms with Gasteiger partial charge < -0.3 is 10.2 Å². The standard InChI is InChI=1S/2C19H28O2.H2S/c2*1-18-9-7-13(20)11-12(18)3-4-14-15-5-6-17(21)19(15,2)10-8-16(14)18;/h2*3,13-16,20H,4-11H2,1-2H3;1H2/t2*13-,14-,15-,16-,18-,19-;/m00./s1. The summed E-state index contributed by atoms with van der Waals surface area (Å²) in [7, 11) is 0. The summed E-state index contributed by atoms with van der Waals surface area (Å²) in [5.74, 6) is 5.20. The number of fused-ring (bicyclic) bond motifs is 10. The molecule has 6 fully saturated rings. The largest absolute Gasteiger partial charge is 0.393 e. The van der Waals surface area contributed by atoms with Gasteiger partial charge in [-0.25, -0.2) is 0 Å². The van der Waals surface area contributed by atoms with Crippen LogP contribution in [0.25, 0.3) is 0 Å². The maximum atomic E-state index is 12.4. The Kier molecular flexibility index (Phi) is 8.28. The molecule has 0 saturated heterocycles. The summed E-state index contributed by atoms with van der Waals surface area (Å²) in [6.07, 6.45) is 21.4. The molecule has 0 radical (unpaired) electrons. The number of carbonyl (C=O) groups is 2. The molecule has 8 aliphatic carbocycles. The van der Waals surface area contributed by atoms with Crippen LogP contribution < -0.4 is 0 Å². The number of aliphatic hydroxyl groups excluding tert-OH is 2. The van der Waals surface area contributed by atoms with Gasteiger partial charge in [-0.3, -0.25) is 9.59 Å². The van der Waals surface area contributed by atoms with Crippen molar-refractivity contribution in [2.75, 3.05) is 0 Å². The van der Waals surface area contributed by atoms with Crippen LogP contribution in [0.4, 0.5) is 0 Å². The van der Waals surface area contributed by atoms with Crippen molar-refractivity contribution in [2.45, 2.75) is 143 Å². The predicted molar refractivity (Wildman–Crippen MR) is 176 cm³/mol. The third kappa shape index (κ3) is 4.74. The van der Waals surface area contributed by atoms with Crippen molar-refractivity contribution in [3.63, 3.8) is 0 Å². The first-order valence-electron chi connectivity index (χ1n) is 17.7. The Labute approximate surface area is 267 Å². The second-order valence-corrected chi connectivity index (χ2v) is 17.1. The lowest BCUT2D eigenvalue weighted by Gasteiger charge is -2.56. The molecular weight excluding hydrogens is 552 g/mol. The second-order valence-electron chi connectivity index (χ2n) is 17.1. The fourth-order valence-corrected chi connectivity index (χ4v) is 12.8. The average molecular weight is 611 g/mol. The van der Waals surface area contributed by atoms with E-state index in [0.29, 0.717) is 46.1 Å². The topological polar surface area (TPSA) is 74.6 Å². The van der Waals surface area contributed by atoms with E-state index in [-0.39, 0.29) is 36.5 Å². The van der Waals surface area contributed by atoms with E-state index in [4.69, 9.17) is 0 Å². The average Bonchev–Trinajstić information content (AvgIpc) is 3.44. The molecule has 0 aromatic carbocycles. The molecule has 5 heteroatoms. The van der Waals surface area contributed by atoms with E-state index < -0.39 is 0 Å². The first kappa shape index (κ1) is 32.0. The van der Waals surface area contributed by atoms with E-state index in [2.05, 4.69) is 39.8 Å². The summed E-state index contributed by atoms with van der Waals surface area (Å²) in [5, 5.41) is 20.0. The normalized spacial score (nSPS) is 51.5. The summed E-state index contributed by atoms with van der Waals surface area (Å²) in [6.45, 7) is 9.38. The Morgan fingerprint density at radius 3 is 1.30 bits per heavy atom. The molecule has 0 aromatic heterocycles. The highest BCUT2D eigenvalue weighted by atomic mass is 32.1. The Balaban J connectivity index is 0.000000150. The number of carbonyl (C=O) groups excluding carboxylic acids is 2. The number of Topliss-reactive ketones (excluding diaryl/α,β-unsaturated/α-hetero) is 2. The molecule has 12 atom stereocenters. The highest BCUT2D eigenvalue weighted by molar-refractivity contribution is 7.59. The van der Waals surface area contributed by atoms with Gasteiger partial charge in [0.1, 0.15) is 11.6 Å². The van der Waals surface area contributed by atoms with Crippen molar-refractivity contribution in [3.8, 4) is 0 Å². The maximum Gasteiger partial charge on any atom is 0.139 e. The monoisotopic (exact) mass is 610 g/mol. The maximum absolute atomic E-state index is 12.4. The molecule has 43 heavy (non-hydrogen) atoms. The van der Waals surface area contributed by atoms with Gasteiger partial charge in [0.15, 0.2) is 0 Å². The number of allylic oxidation sites excluding steroid dienone is 2. The highest BCUT2D eigenvalue weighted by Crippen LogP contribution is 2.65. The summed E-state index contributed by atoms with van der Waals surface area (Å²) in [5.41, 5.74) is 3.61. The third-order valence-electron chi connectivity index (χ3n) is 15.6. The van der Waals surface area contributed by atoms with Gasteiger partial charge in [-0.05, 0) is 136 Å². The van der Waals surface area contributed by atoms with E-state index in [1.807, 2.05) is 0 Å². The molecule has 0 bridgehead atoms. The zero-order valence-corrected chi connectivity index (χ0v) is 28.3. The van der Waals surface area contributed by atoms with Gasteiger partial charge in [0.05, 0.1) is 12.2 Å². The molecule has 240 valence electrons. The number of ketones is 2. The SMILES string of the molecule is C[C@]12CC[C@H](O)CC1=CC[C@@H]1[C@@H]2CC[C@]2(C)C(=O)CC[C@@H]12.C[C@]12CC[C@H](O)CC1=CC[C@@H]1[C@@H]2CC[C@]2(C)C(=O)CC[C@@H]12.S. The summed E-state index contributed by atoms with van der Waals surface area (Å²) < 4.78 is 0. The van der Waals surface area contributed by atoms with Crippen molar-refractivity contribution >= 4 is 25.1 Å². The van der Waals surface area contributed by atoms with Crippen LogP contribution in [-0.4, -0.2) is 34.0 Å². The fourth-order valence-electron chi connectivity index (χ4n) is 12.8. The van der Waals surface area contributed by atoms with Gasteiger partial charge >= 0.3 is 0 Å². The number of rotatable bonds is 0. The zero-order chi connectivity index (χ0) is 29.7. The molecule has 6 saturated carbocycles. The van der Waals surface area contributed by atoms with Crippen molar-refractivity contribution in [3.05, 3.63) is 23.3 Å². The van der Waals surface area contributed by atoms with Crippen LogP contribution in [0.3, 0.4) is 0 Å². The fraction of sp³-hybridized carbons (Fsp3) is 0.842. The highest BCUT2D eigenvalue weighted by Gasteiger charge is 2.60. The van der Waals surface area contributed by atoms with Crippen LogP contribution >= 0.6 is 13.5 Å². The molecule has 0 heterocycles. The molecule has 0 amide bonds. The minimum absolute atomic E-state index is 0. The lowest BCUT2D eigenvalue weighted by atomic mass is 9.48. The Morgan fingerprint density at radius 2 is 0.907 bits per heavy atom. The van der Waals surface area contributed by atoms with Crippen LogP contribution in [0.2, 0.25) is 0 Å². The smallest absolute Gasteiger partial charge is 0.139 e. The summed E-state index contributed by atoms with van der Waals surface area (Å²) in [6, 6.07) is 0. The van der Waals surface area contributed by atoms with E-state index in [9.17, 15) is 19.8 Å². The number of aliphatic hydroxyl groups is 2. The van der Waals surface area contributed by atoms with Gasteiger partial charge in [-0.2, -0.15) is 13.5 Å². The minimum atomic E-state index is -0.122. The van der Waals surface area contributed by atoms with Gasteiger partial charge in [0, 0.05) is 23.7 Å². The summed E-state index contributed by atoms with van der Waals surface area (Å²) >= 11 is 0. The van der Waals surface area contributed by atoms with Crippen molar-refractivity contribution in [1.82, 2.24) is 0 Å². The predicted octanol–water partition coefficient (Wildman–Crippen LogP) is 7.87. The molecule has 2 N–H and O–H groups in total. The molecule has 0 unspecified atom stereocenters. The zero-order valence-electron chi connectivity index (χ0n) is 27.3. The van der Waals surface area contributed by atoms with Crippen LogP contribution in [0.1, 0.15) is 130 Å². The van der Waals surface area contributed by atoms with Gasteiger partial charge in [-0.15, -0.1) is 0 Å². The van der Waals surface area contributed by atoms with Crippen molar-refractivity contribution in [2.24, 2.45) is 57.2 Å². The number of hydrogen-bond donors (Lipinski definition) is 2. The third-order valence-corrected chi connectivity index (χ3v) is 15.6. The number of hydrogen-bond acceptors (Lipinski definition) is 4. The van der Waals surface area contributed by atoms with Crippen LogP contribution in [0, 0.1) is 57.2 Å². The lowest BCUT2D eigenvalue weighted by molar-refractivity contribution is -0.132. The molecule has 4 nitrogen and oxygen atoms in total. The van der Waals surface area contributed by atoms with E-state index in [0.717, 1.165) is 102 Å². The van der Waals surface area contributed by atoms with E-state index in [1.54, 1.807) is 0 Å². The second kappa shape index (κ2) is 11.1. The van der Waals surface area contributed by atoms with Crippen LogP contribution in [-0.2, 0) is 9.59 Å². The van der Waals surface area contributed by atoms with E-state index in [1.165, 1.54) is 24.0 Å². The van der Waals surface area contributed by atoms with Crippen LogP contribution in [0.15, 0.2) is 23.3 Å². The first-order chi connectivity index (χ1) is 19.9. The molecule has 8 aliphatic rings.